The molecule has 7 heavy (non-hydrogen) atoms. The molecule has 0 fully saturated rings. The van der Waals surface area contributed by atoms with E-state index in [1.165, 1.54) is 0 Å². The summed E-state index contributed by atoms with van der Waals surface area (Å²) in [6.07, 6.45) is 2.57. The van der Waals surface area contributed by atoms with Gasteiger partial charge in [0.2, 0.25) is 0 Å². The first-order chi connectivity index (χ1) is 3.31. The van der Waals surface area contributed by atoms with E-state index in [1.807, 2.05) is 11.8 Å². The van der Waals surface area contributed by atoms with E-state index in [4.69, 9.17) is 4.43 Å². The third kappa shape index (κ3) is 4.38. The van der Waals surface area contributed by atoms with Crippen LogP contribution >= 0.6 is 11.8 Å². The molecule has 0 spiro atoms. The van der Waals surface area contributed by atoms with E-state index in [2.05, 4.69) is 13.2 Å². The molecule has 0 saturated carbocycles. The van der Waals surface area contributed by atoms with E-state index in [-0.39, 0.29) is 0 Å². The van der Waals surface area contributed by atoms with Crippen molar-refractivity contribution in [2.75, 3.05) is 12.0 Å². The van der Waals surface area contributed by atoms with Crippen molar-refractivity contribution in [1.29, 1.82) is 0 Å². The molecular formula is C4H12OSSi. The van der Waals surface area contributed by atoms with Crippen LogP contribution in [0.25, 0.3) is 0 Å². The molecule has 0 aromatic carbocycles. The van der Waals surface area contributed by atoms with E-state index in [0.29, 0.717) is 6.10 Å². The van der Waals surface area contributed by atoms with Crippen LogP contribution in [0.4, 0.5) is 0 Å². The third-order valence-corrected chi connectivity index (χ3v) is 2.41. The number of hydrogen-bond acceptors (Lipinski definition) is 2. The fourth-order valence-corrected chi connectivity index (χ4v) is 1.32. The van der Waals surface area contributed by atoms with Crippen LogP contribution in [0.2, 0.25) is 0 Å². The van der Waals surface area contributed by atoms with Crippen LogP contribution in [0.5, 0.6) is 0 Å². The Morgan fingerprint density at radius 1 is 1.86 bits per heavy atom. The molecule has 1 unspecified atom stereocenters. The van der Waals surface area contributed by atoms with Gasteiger partial charge in [-0.25, -0.2) is 0 Å². The Bertz CT molecular complexity index is 42.7. The molecule has 0 amide bonds. The maximum Gasteiger partial charge on any atom is 0.146 e. The molecule has 0 rings (SSSR count). The molecular weight excluding hydrogens is 124 g/mol. The lowest BCUT2D eigenvalue weighted by molar-refractivity contribution is 0.272. The average Bonchev–Trinajstić information content (AvgIpc) is 1.68. The van der Waals surface area contributed by atoms with Gasteiger partial charge in [0.25, 0.3) is 0 Å². The Balaban J connectivity index is 2.83. The summed E-state index contributed by atoms with van der Waals surface area (Å²) in [5, 5.41) is 0. The van der Waals surface area contributed by atoms with Crippen LogP contribution in [0.3, 0.4) is 0 Å². The second-order valence-electron chi connectivity index (χ2n) is 1.50. The SMILES string of the molecule is CSCC(C)O[SiH3]. The van der Waals surface area contributed by atoms with Gasteiger partial charge in [0.15, 0.2) is 0 Å². The number of thioether (sulfide) groups is 1. The highest BCUT2D eigenvalue weighted by Gasteiger charge is 1.92. The Kier molecular flexibility index (Phi) is 5.03. The molecule has 0 aliphatic heterocycles. The van der Waals surface area contributed by atoms with Crippen molar-refractivity contribution in [3.63, 3.8) is 0 Å². The molecule has 0 heterocycles. The standard InChI is InChI=1S/C4H12OSSi/c1-4(5-7)3-6-2/h4H,3H2,1-2,7H3. The monoisotopic (exact) mass is 136 g/mol. The first-order valence-corrected chi connectivity index (χ1v) is 4.54. The lowest BCUT2D eigenvalue weighted by Gasteiger charge is -2.05. The first kappa shape index (κ1) is 7.53. The minimum absolute atomic E-state index is 0.474. The van der Waals surface area contributed by atoms with Crippen molar-refractivity contribution in [3.8, 4) is 0 Å². The van der Waals surface area contributed by atoms with Crippen LogP contribution in [-0.2, 0) is 4.43 Å². The van der Waals surface area contributed by atoms with Crippen molar-refractivity contribution in [2.24, 2.45) is 0 Å². The predicted molar refractivity (Wildman–Crippen MR) is 38.9 cm³/mol. The molecule has 0 radical (unpaired) electrons. The summed E-state index contributed by atoms with van der Waals surface area (Å²) >= 11 is 1.83. The normalized spacial score (nSPS) is 14.6. The van der Waals surface area contributed by atoms with Crippen molar-refractivity contribution in [2.45, 2.75) is 13.0 Å². The Labute approximate surface area is 52.4 Å². The Hall–Kier alpha value is 0.527. The highest BCUT2D eigenvalue weighted by Crippen LogP contribution is 1.97. The second kappa shape index (κ2) is 4.68. The van der Waals surface area contributed by atoms with Gasteiger partial charge in [-0.2, -0.15) is 11.8 Å². The minimum Gasteiger partial charge on any atom is -0.425 e. The first-order valence-electron chi connectivity index (χ1n) is 2.33. The maximum atomic E-state index is 5.11. The largest absolute Gasteiger partial charge is 0.425 e. The lowest BCUT2D eigenvalue weighted by Crippen LogP contribution is -2.07. The molecule has 0 aliphatic rings. The zero-order chi connectivity index (χ0) is 5.70. The zero-order valence-corrected chi connectivity index (χ0v) is 7.92. The van der Waals surface area contributed by atoms with Gasteiger partial charge < -0.3 is 4.43 Å². The predicted octanol–water partition coefficient (Wildman–Crippen LogP) is 0.0349. The summed E-state index contributed by atoms with van der Waals surface area (Å²) in [5.74, 6) is 1.13. The fraction of sp³-hybridized carbons (Fsp3) is 1.00. The molecule has 3 heteroatoms. The molecule has 1 nitrogen and oxygen atoms in total. The van der Waals surface area contributed by atoms with Gasteiger partial charge in [-0.05, 0) is 13.2 Å². The number of hydrogen-bond donors (Lipinski definition) is 0. The molecule has 0 N–H and O–H groups in total. The maximum absolute atomic E-state index is 5.11. The van der Waals surface area contributed by atoms with Crippen LogP contribution in [0.15, 0.2) is 0 Å². The smallest absolute Gasteiger partial charge is 0.146 e. The molecule has 44 valence electrons. The molecule has 0 saturated heterocycles. The van der Waals surface area contributed by atoms with Crippen molar-refractivity contribution in [1.82, 2.24) is 0 Å². The zero-order valence-electron chi connectivity index (χ0n) is 5.10. The highest BCUT2D eigenvalue weighted by molar-refractivity contribution is 7.98. The van der Waals surface area contributed by atoms with E-state index >= 15 is 0 Å². The summed E-state index contributed by atoms with van der Waals surface area (Å²) in [7, 11) is 0.874. The van der Waals surface area contributed by atoms with E-state index in [9.17, 15) is 0 Å². The van der Waals surface area contributed by atoms with Crippen LogP contribution in [-0.4, -0.2) is 28.6 Å². The summed E-state index contributed by atoms with van der Waals surface area (Å²) < 4.78 is 5.11. The minimum atomic E-state index is 0.474. The Morgan fingerprint density at radius 2 is 2.43 bits per heavy atom. The lowest BCUT2D eigenvalue weighted by atomic mass is 10.5. The van der Waals surface area contributed by atoms with Gasteiger partial charge in [-0.1, -0.05) is 0 Å². The molecule has 1 atom stereocenters. The van der Waals surface area contributed by atoms with Crippen LogP contribution in [0.1, 0.15) is 6.92 Å². The summed E-state index contributed by atoms with van der Waals surface area (Å²) in [6.45, 7) is 2.10. The molecule has 0 aliphatic carbocycles. The average molecular weight is 136 g/mol. The Morgan fingerprint density at radius 3 is 2.57 bits per heavy atom. The van der Waals surface area contributed by atoms with Gasteiger partial charge in [0.05, 0.1) is 6.10 Å². The van der Waals surface area contributed by atoms with E-state index < -0.39 is 0 Å². The second-order valence-corrected chi connectivity index (χ2v) is 2.88. The van der Waals surface area contributed by atoms with Crippen molar-refractivity contribution in [3.05, 3.63) is 0 Å². The summed E-state index contributed by atoms with van der Waals surface area (Å²) in [4.78, 5) is 0. The van der Waals surface area contributed by atoms with E-state index in [0.717, 1.165) is 16.2 Å². The quantitative estimate of drug-likeness (QED) is 0.506. The van der Waals surface area contributed by atoms with Gasteiger partial charge in [-0.15, -0.1) is 0 Å². The van der Waals surface area contributed by atoms with Gasteiger partial charge in [-0.3, -0.25) is 0 Å². The molecule has 0 aromatic rings. The van der Waals surface area contributed by atoms with E-state index in [1.54, 1.807) is 0 Å². The van der Waals surface area contributed by atoms with Crippen LogP contribution < -0.4 is 0 Å². The topological polar surface area (TPSA) is 9.23 Å². The highest BCUT2D eigenvalue weighted by atomic mass is 32.2. The van der Waals surface area contributed by atoms with Gasteiger partial charge in [0, 0.05) is 5.75 Å². The molecule has 0 bridgehead atoms. The molecule has 0 aromatic heterocycles. The van der Waals surface area contributed by atoms with Crippen molar-refractivity contribution < 1.29 is 4.43 Å². The summed E-state index contributed by atoms with van der Waals surface area (Å²) in [5.41, 5.74) is 0. The number of rotatable bonds is 3. The van der Waals surface area contributed by atoms with Crippen LogP contribution in [0, 0.1) is 0 Å². The fourth-order valence-electron chi connectivity index (χ4n) is 0.303. The summed E-state index contributed by atoms with van der Waals surface area (Å²) in [6, 6.07) is 0. The third-order valence-electron chi connectivity index (χ3n) is 0.804. The van der Waals surface area contributed by atoms with Gasteiger partial charge in [0.1, 0.15) is 10.5 Å². The van der Waals surface area contributed by atoms with Crippen molar-refractivity contribution >= 4 is 22.2 Å². The van der Waals surface area contributed by atoms with Gasteiger partial charge >= 0.3 is 0 Å².